The van der Waals surface area contributed by atoms with Crippen LogP contribution in [0.5, 0.6) is 0 Å². The third kappa shape index (κ3) is 4.67. The van der Waals surface area contributed by atoms with Crippen LogP contribution in [0, 0.1) is 12.7 Å². The number of fused-ring (bicyclic) bond motifs is 1. The molecule has 1 saturated heterocycles. The maximum atomic E-state index is 14.9. The number of alkyl halides is 4. The summed E-state index contributed by atoms with van der Waals surface area (Å²) in [5.41, 5.74) is -3.46. The van der Waals surface area contributed by atoms with Crippen LogP contribution in [0.3, 0.4) is 0 Å². The van der Waals surface area contributed by atoms with Gasteiger partial charge in [0.2, 0.25) is 5.91 Å². The third-order valence-corrected chi connectivity index (χ3v) is 6.61. The third-order valence-electron chi connectivity index (χ3n) is 6.61. The van der Waals surface area contributed by atoms with Crippen LogP contribution in [-0.2, 0) is 10.3 Å². The SMILES string of the molecule is C=C[C@@H](Nc1nc(C)nc2cc(=O)n([C@@]3(C(F)F)CCN(C(C)=O)C3)cc12)c1cccc(C(F)F)c1F. The lowest BCUT2D eigenvalue weighted by molar-refractivity contribution is -0.128. The van der Waals surface area contributed by atoms with E-state index in [1.807, 2.05) is 0 Å². The molecule has 0 unspecified atom stereocenters. The minimum absolute atomic E-state index is 0.0535. The molecule has 3 heterocycles. The fraction of sp³-hybridized carbons (Fsp3) is 0.360. The number of amides is 1. The number of nitrogens with zero attached hydrogens (tertiary/aromatic N) is 4. The van der Waals surface area contributed by atoms with E-state index in [2.05, 4.69) is 21.9 Å². The van der Waals surface area contributed by atoms with E-state index >= 15 is 0 Å². The van der Waals surface area contributed by atoms with E-state index < -0.39 is 41.4 Å². The molecular formula is C25H24F5N5O2. The van der Waals surface area contributed by atoms with E-state index in [1.165, 1.54) is 36.2 Å². The van der Waals surface area contributed by atoms with Gasteiger partial charge in [-0.15, -0.1) is 6.58 Å². The van der Waals surface area contributed by atoms with Gasteiger partial charge in [-0.3, -0.25) is 9.59 Å². The van der Waals surface area contributed by atoms with Crippen LogP contribution in [0.25, 0.3) is 10.9 Å². The summed E-state index contributed by atoms with van der Waals surface area (Å²) >= 11 is 0. The molecular weight excluding hydrogens is 497 g/mol. The molecule has 1 aliphatic rings. The van der Waals surface area contributed by atoms with Crippen LogP contribution in [0.1, 0.15) is 42.8 Å². The molecule has 0 bridgehead atoms. The Balaban J connectivity index is 1.85. The van der Waals surface area contributed by atoms with Crippen molar-refractivity contribution in [1.29, 1.82) is 0 Å². The van der Waals surface area contributed by atoms with Crippen molar-refractivity contribution in [3.63, 3.8) is 0 Å². The second kappa shape index (κ2) is 9.91. The van der Waals surface area contributed by atoms with Crippen LogP contribution in [0.4, 0.5) is 27.8 Å². The molecule has 1 amide bonds. The summed E-state index contributed by atoms with van der Waals surface area (Å²) in [5.74, 6) is -1.22. The molecule has 0 aliphatic carbocycles. The Morgan fingerprint density at radius 2 is 1.92 bits per heavy atom. The van der Waals surface area contributed by atoms with Crippen LogP contribution >= 0.6 is 0 Å². The smallest absolute Gasteiger partial charge is 0.266 e. The molecule has 0 spiro atoms. The van der Waals surface area contributed by atoms with Crippen molar-refractivity contribution in [1.82, 2.24) is 19.4 Å². The lowest BCUT2D eigenvalue weighted by Crippen LogP contribution is -2.48. The van der Waals surface area contributed by atoms with Gasteiger partial charge >= 0.3 is 0 Å². The summed E-state index contributed by atoms with van der Waals surface area (Å²) in [4.78, 5) is 34.6. The predicted octanol–water partition coefficient (Wildman–Crippen LogP) is 4.73. The molecule has 4 rings (SSSR count). The van der Waals surface area contributed by atoms with E-state index in [4.69, 9.17) is 0 Å². The summed E-state index contributed by atoms with van der Waals surface area (Å²) in [7, 11) is 0. The summed E-state index contributed by atoms with van der Waals surface area (Å²) in [5, 5.41) is 3.09. The molecule has 1 N–H and O–H groups in total. The first-order chi connectivity index (χ1) is 17.5. The Bertz CT molecular complexity index is 1430. The average molecular weight is 521 g/mol. The molecule has 7 nitrogen and oxygen atoms in total. The number of carbonyl (C=O) groups excluding carboxylic acids is 1. The molecule has 2 atom stereocenters. The zero-order chi connectivity index (χ0) is 27.1. The van der Waals surface area contributed by atoms with Crippen LogP contribution in [0.15, 0.2) is 47.9 Å². The topological polar surface area (TPSA) is 80.1 Å². The van der Waals surface area contributed by atoms with Crippen molar-refractivity contribution in [2.45, 2.75) is 44.7 Å². The zero-order valence-corrected chi connectivity index (χ0v) is 20.0. The van der Waals surface area contributed by atoms with Crippen LogP contribution in [0.2, 0.25) is 0 Å². The number of pyridine rings is 1. The highest BCUT2D eigenvalue weighted by atomic mass is 19.3. The lowest BCUT2D eigenvalue weighted by atomic mass is 9.98. The van der Waals surface area contributed by atoms with E-state index in [-0.39, 0.29) is 53.5 Å². The number of aromatic nitrogens is 3. The second-order valence-corrected chi connectivity index (χ2v) is 8.90. The van der Waals surface area contributed by atoms with Crippen molar-refractivity contribution in [3.8, 4) is 0 Å². The molecule has 3 aromatic rings. The standard InChI is InChI=1S/C25H24F5N5O2/c1-4-18(15-6-5-7-16(21(15)26)22(27)28)33-23-17-11-35(20(37)10-19(17)31-13(2)32-23)25(24(29)30)8-9-34(12-25)14(3)36/h4-7,10-11,18,22,24H,1,8-9,12H2,2-3H3,(H,31,32,33)/t18-,25+/m1/s1. The van der Waals surface area contributed by atoms with Gasteiger partial charge in [0.15, 0.2) is 0 Å². The number of halogens is 5. The van der Waals surface area contributed by atoms with Crippen molar-refractivity contribution in [2.24, 2.45) is 0 Å². The Labute approximate surface area is 208 Å². The van der Waals surface area contributed by atoms with Gasteiger partial charge in [0.25, 0.3) is 18.4 Å². The number of benzene rings is 1. The number of likely N-dealkylation sites (tertiary alicyclic amines) is 1. The number of nitrogens with one attached hydrogen (secondary N) is 1. The van der Waals surface area contributed by atoms with Gasteiger partial charge in [-0.05, 0) is 13.3 Å². The molecule has 1 aliphatic heterocycles. The molecule has 0 saturated carbocycles. The normalized spacial score (nSPS) is 18.6. The fourth-order valence-electron chi connectivity index (χ4n) is 4.63. The number of carbonyl (C=O) groups is 1. The number of hydrogen-bond acceptors (Lipinski definition) is 5. The van der Waals surface area contributed by atoms with E-state index in [0.29, 0.717) is 0 Å². The van der Waals surface area contributed by atoms with Crippen molar-refractivity contribution >= 4 is 22.6 Å². The average Bonchev–Trinajstić information content (AvgIpc) is 3.29. The minimum atomic E-state index is -3.03. The summed E-state index contributed by atoms with van der Waals surface area (Å²) in [6, 6.07) is 3.64. The van der Waals surface area contributed by atoms with Gasteiger partial charge in [0, 0.05) is 37.8 Å². The van der Waals surface area contributed by atoms with Crippen molar-refractivity contribution in [3.05, 3.63) is 76.2 Å². The van der Waals surface area contributed by atoms with E-state index in [1.54, 1.807) is 6.92 Å². The van der Waals surface area contributed by atoms with Gasteiger partial charge in [0.05, 0.1) is 22.5 Å². The van der Waals surface area contributed by atoms with Crippen molar-refractivity contribution in [2.75, 3.05) is 18.4 Å². The zero-order valence-electron chi connectivity index (χ0n) is 20.0. The van der Waals surface area contributed by atoms with Gasteiger partial charge in [-0.1, -0.05) is 24.3 Å². The maximum Gasteiger partial charge on any atom is 0.266 e. The molecule has 12 heteroatoms. The molecule has 37 heavy (non-hydrogen) atoms. The largest absolute Gasteiger partial charge is 0.359 e. The Kier molecular flexibility index (Phi) is 7.03. The maximum absolute atomic E-state index is 14.9. The Morgan fingerprint density at radius 3 is 2.51 bits per heavy atom. The summed E-state index contributed by atoms with van der Waals surface area (Å²) < 4.78 is 71.1. The lowest BCUT2D eigenvalue weighted by Gasteiger charge is -2.31. The molecule has 196 valence electrons. The quantitative estimate of drug-likeness (QED) is 0.359. The highest BCUT2D eigenvalue weighted by Gasteiger charge is 2.49. The highest BCUT2D eigenvalue weighted by Crippen LogP contribution is 2.36. The number of aryl methyl sites for hydroxylation is 1. The highest BCUT2D eigenvalue weighted by molar-refractivity contribution is 5.88. The summed E-state index contributed by atoms with van der Waals surface area (Å²) in [6.45, 7) is 6.15. The molecule has 2 aromatic heterocycles. The van der Waals surface area contributed by atoms with Crippen LogP contribution < -0.4 is 10.9 Å². The van der Waals surface area contributed by atoms with E-state index in [0.717, 1.165) is 16.7 Å². The first-order valence-corrected chi connectivity index (χ1v) is 11.4. The first-order valence-electron chi connectivity index (χ1n) is 11.4. The fourth-order valence-corrected chi connectivity index (χ4v) is 4.63. The molecule has 1 fully saturated rings. The van der Waals surface area contributed by atoms with Gasteiger partial charge in [-0.25, -0.2) is 31.9 Å². The predicted molar refractivity (Wildman–Crippen MR) is 127 cm³/mol. The number of rotatable bonds is 7. The van der Waals surface area contributed by atoms with Crippen molar-refractivity contribution < 1.29 is 26.7 Å². The van der Waals surface area contributed by atoms with Gasteiger partial charge in [0.1, 0.15) is 23.0 Å². The number of anilines is 1. The Morgan fingerprint density at radius 1 is 1.22 bits per heavy atom. The first kappa shape index (κ1) is 26.2. The van der Waals surface area contributed by atoms with Gasteiger partial charge in [-0.2, -0.15) is 0 Å². The monoisotopic (exact) mass is 521 g/mol. The minimum Gasteiger partial charge on any atom is -0.359 e. The molecule has 1 aromatic carbocycles. The molecule has 0 radical (unpaired) electrons. The second-order valence-electron chi connectivity index (χ2n) is 8.90. The number of hydrogen-bond donors (Lipinski definition) is 1. The van der Waals surface area contributed by atoms with E-state index in [9.17, 15) is 31.5 Å². The Hall–Kier alpha value is -3.83. The van der Waals surface area contributed by atoms with Crippen LogP contribution in [-0.4, -0.2) is 44.9 Å². The summed E-state index contributed by atoms with van der Waals surface area (Å²) in [6.07, 6.45) is -3.67. The van der Waals surface area contributed by atoms with Gasteiger partial charge < -0.3 is 14.8 Å².